The molecule has 0 aromatic heterocycles. The fourth-order valence-electron chi connectivity index (χ4n) is 3.48. The average molecular weight is 474 g/mol. The van der Waals surface area contributed by atoms with E-state index in [1.807, 2.05) is 12.1 Å². The molecule has 34 heavy (non-hydrogen) atoms. The normalized spacial score (nSPS) is 15.4. The molecular weight excluding hydrogens is 440 g/mol. The van der Waals surface area contributed by atoms with Gasteiger partial charge in [-0.05, 0) is 60.2 Å². The minimum absolute atomic E-state index is 0.00648. The standard InChI is InChI=1S/C21H25NO6.C4H9NO/c23-11-16-7-14(3-6-19(16)24)20(25)10-22-17-4-1-13-2-5-18(9-15(13)8-17)28-12-21(26)27;1-4(6)5(2)3/h2-3,5-7,9,17,20,22-25H,1,4,8,10-12H2,(H,26,27);1-3H3/p-1/t17-,20?;/m0./s1. The molecule has 3 rings (SSSR count). The minimum atomic E-state index is -1.26. The number of hydrogen-bond donors (Lipinski definition) is 4. The molecule has 0 bridgehead atoms. The van der Waals surface area contributed by atoms with Gasteiger partial charge in [0.25, 0.3) is 0 Å². The number of amides is 1. The van der Waals surface area contributed by atoms with Gasteiger partial charge in [-0.3, -0.25) is 4.79 Å². The monoisotopic (exact) mass is 473 g/mol. The van der Waals surface area contributed by atoms with Crippen molar-refractivity contribution in [1.29, 1.82) is 0 Å². The van der Waals surface area contributed by atoms with Gasteiger partial charge in [-0.2, -0.15) is 0 Å². The van der Waals surface area contributed by atoms with Crippen molar-refractivity contribution in [3.63, 3.8) is 0 Å². The number of aliphatic hydroxyl groups is 2. The van der Waals surface area contributed by atoms with Crippen LogP contribution in [0.2, 0.25) is 0 Å². The zero-order valence-corrected chi connectivity index (χ0v) is 19.8. The second-order valence-electron chi connectivity index (χ2n) is 8.41. The van der Waals surface area contributed by atoms with Gasteiger partial charge in [0.2, 0.25) is 5.91 Å². The van der Waals surface area contributed by atoms with Gasteiger partial charge in [0.1, 0.15) is 18.1 Å². The number of carboxylic acid groups (broad SMARTS) is 1. The number of carboxylic acids is 1. The number of fused-ring (bicyclic) bond motifs is 1. The van der Waals surface area contributed by atoms with Crippen LogP contribution in [0.3, 0.4) is 0 Å². The van der Waals surface area contributed by atoms with Crippen molar-refractivity contribution in [2.45, 2.75) is 44.9 Å². The van der Waals surface area contributed by atoms with E-state index in [0.717, 1.165) is 24.8 Å². The van der Waals surface area contributed by atoms with E-state index >= 15 is 0 Å². The Morgan fingerprint density at radius 2 is 1.91 bits per heavy atom. The third-order valence-corrected chi connectivity index (χ3v) is 5.65. The fraction of sp³-hybridized carbons (Fsp3) is 0.440. The summed E-state index contributed by atoms with van der Waals surface area (Å²) in [4.78, 5) is 22.1. The number of aryl methyl sites for hydroxylation is 1. The second-order valence-corrected chi connectivity index (χ2v) is 8.41. The van der Waals surface area contributed by atoms with Crippen LogP contribution in [-0.2, 0) is 29.0 Å². The maximum Gasteiger partial charge on any atom is 0.218 e. The van der Waals surface area contributed by atoms with Gasteiger partial charge in [0, 0.05) is 39.2 Å². The molecule has 2 aromatic rings. The van der Waals surface area contributed by atoms with Crippen LogP contribution in [-0.4, -0.2) is 65.4 Å². The van der Waals surface area contributed by atoms with E-state index in [0.29, 0.717) is 23.4 Å². The van der Waals surface area contributed by atoms with Gasteiger partial charge in [0.15, 0.2) is 0 Å². The number of hydrogen-bond acceptors (Lipinski definition) is 8. The Morgan fingerprint density at radius 3 is 2.53 bits per heavy atom. The van der Waals surface area contributed by atoms with Crippen molar-refractivity contribution >= 4 is 11.9 Å². The SMILES string of the molecule is CC(=O)N(C)C.O=C([O-])COc1ccc2c(c1)C[C@@H](NCC(O)c1ccc(O)c(CO)c1)CC2. The molecule has 186 valence electrons. The molecule has 0 heterocycles. The summed E-state index contributed by atoms with van der Waals surface area (Å²) in [6.45, 7) is 1.10. The molecule has 9 heteroatoms. The van der Waals surface area contributed by atoms with Crippen molar-refractivity contribution in [3.05, 3.63) is 58.7 Å². The van der Waals surface area contributed by atoms with Crippen LogP contribution in [0.5, 0.6) is 11.5 Å². The molecule has 0 fully saturated rings. The van der Waals surface area contributed by atoms with Crippen molar-refractivity contribution in [2.75, 3.05) is 27.2 Å². The van der Waals surface area contributed by atoms with Crippen molar-refractivity contribution in [1.82, 2.24) is 10.2 Å². The molecule has 0 radical (unpaired) electrons. The lowest BCUT2D eigenvalue weighted by Gasteiger charge is -2.27. The smallest absolute Gasteiger partial charge is 0.218 e. The van der Waals surface area contributed by atoms with E-state index < -0.39 is 18.7 Å². The number of phenols is 1. The van der Waals surface area contributed by atoms with Crippen LogP contribution in [0.15, 0.2) is 36.4 Å². The number of aromatic hydroxyl groups is 1. The molecule has 0 aliphatic heterocycles. The van der Waals surface area contributed by atoms with Crippen molar-refractivity contribution < 1.29 is 34.8 Å². The third-order valence-electron chi connectivity index (χ3n) is 5.65. The molecule has 4 N–H and O–H groups in total. The molecule has 0 saturated heterocycles. The molecule has 1 amide bonds. The lowest BCUT2D eigenvalue weighted by Crippen LogP contribution is -2.37. The van der Waals surface area contributed by atoms with E-state index in [1.165, 1.54) is 23.5 Å². The summed E-state index contributed by atoms with van der Waals surface area (Å²) >= 11 is 0. The molecule has 2 aromatic carbocycles. The first-order valence-corrected chi connectivity index (χ1v) is 11.1. The highest BCUT2D eigenvalue weighted by molar-refractivity contribution is 5.72. The number of carbonyl (C=O) groups excluding carboxylic acids is 2. The zero-order chi connectivity index (χ0) is 25.3. The number of carbonyl (C=O) groups is 2. The lowest BCUT2D eigenvalue weighted by molar-refractivity contribution is -0.307. The first kappa shape index (κ1) is 27.1. The van der Waals surface area contributed by atoms with Crippen LogP contribution in [0, 0.1) is 0 Å². The Balaban J connectivity index is 0.000000604. The summed E-state index contributed by atoms with van der Waals surface area (Å²) in [5, 5.41) is 43.2. The molecular formula is C25H33N2O7-. The van der Waals surface area contributed by atoms with E-state index in [1.54, 1.807) is 32.3 Å². The van der Waals surface area contributed by atoms with Crippen molar-refractivity contribution in [2.24, 2.45) is 0 Å². The Kier molecular flexibility index (Phi) is 10.3. The first-order chi connectivity index (χ1) is 16.1. The number of nitrogens with one attached hydrogen (secondary N) is 1. The van der Waals surface area contributed by atoms with Gasteiger partial charge >= 0.3 is 0 Å². The summed E-state index contributed by atoms with van der Waals surface area (Å²) < 4.78 is 5.19. The Morgan fingerprint density at radius 1 is 1.21 bits per heavy atom. The average Bonchev–Trinajstić information content (AvgIpc) is 2.81. The largest absolute Gasteiger partial charge is 0.546 e. The number of benzene rings is 2. The van der Waals surface area contributed by atoms with Gasteiger partial charge < -0.3 is 40.2 Å². The summed E-state index contributed by atoms with van der Waals surface area (Å²) in [6.07, 6.45) is 1.81. The van der Waals surface area contributed by atoms with Gasteiger partial charge in [-0.25, -0.2) is 0 Å². The van der Waals surface area contributed by atoms with Crippen LogP contribution >= 0.6 is 0 Å². The summed E-state index contributed by atoms with van der Waals surface area (Å²) in [5.41, 5.74) is 3.32. The highest BCUT2D eigenvalue weighted by atomic mass is 16.5. The number of ether oxygens (including phenoxy) is 1. The topological polar surface area (TPSA) is 142 Å². The molecule has 0 spiro atoms. The van der Waals surface area contributed by atoms with Crippen LogP contribution < -0.4 is 15.2 Å². The van der Waals surface area contributed by atoms with E-state index in [9.17, 15) is 30.0 Å². The van der Waals surface area contributed by atoms with E-state index in [-0.39, 0.29) is 24.3 Å². The third kappa shape index (κ3) is 8.33. The maximum absolute atomic E-state index is 10.5. The predicted molar refractivity (Wildman–Crippen MR) is 124 cm³/mol. The number of rotatable bonds is 8. The van der Waals surface area contributed by atoms with Crippen LogP contribution in [0.1, 0.15) is 41.7 Å². The van der Waals surface area contributed by atoms with Gasteiger partial charge in [0.05, 0.1) is 18.7 Å². The quantitative estimate of drug-likeness (QED) is 0.429. The second kappa shape index (κ2) is 12.9. The Bertz CT molecular complexity index is 978. The Labute approximate surface area is 199 Å². The van der Waals surface area contributed by atoms with Crippen LogP contribution in [0.4, 0.5) is 0 Å². The first-order valence-electron chi connectivity index (χ1n) is 11.1. The molecule has 1 aliphatic rings. The summed E-state index contributed by atoms with van der Waals surface area (Å²) in [7, 11) is 3.45. The van der Waals surface area contributed by atoms with Crippen molar-refractivity contribution in [3.8, 4) is 11.5 Å². The minimum Gasteiger partial charge on any atom is -0.546 e. The number of nitrogens with zero attached hydrogens (tertiary/aromatic N) is 1. The highest BCUT2D eigenvalue weighted by Gasteiger charge is 2.20. The predicted octanol–water partition coefficient (Wildman–Crippen LogP) is 0.288. The molecule has 0 saturated carbocycles. The zero-order valence-electron chi connectivity index (χ0n) is 19.8. The van der Waals surface area contributed by atoms with Gasteiger partial charge in [-0.15, -0.1) is 0 Å². The van der Waals surface area contributed by atoms with Gasteiger partial charge in [-0.1, -0.05) is 12.1 Å². The number of aliphatic carboxylic acids is 1. The van der Waals surface area contributed by atoms with Crippen LogP contribution in [0.25, 0.3) is 0 Å². The highest BCUT2D eigenvalue weighted by Crippen LogP contribution is 2.27. The molecule has 1 unspecified atom stereocenters. The van der Waals surface area contributed by atoms with E-state index in [2.05, 4.69) is 5.32 Å². The maximum atomic E-state index is 10.5. The molecule has 9 nitrogen and oxygen atoms in total. The van der Waals surface area contributed by atoms with E-state index in [4.69, 9.17) is 4.74 Å². The molecule has 1 aliphatic carbocycles. The lowest BCUT2D eigenvalue weighted by atomic mass is 9.88. The summed E-state index contributed by atoms with van der Waals surface area (Å²) in [6, 6.07) is 10.5. The number of aliphatic hydroxyl groups excluding tert-OH is 2. The summed E-state index contributed by atoms with van der Waals surface area (Å²) in [5.74, 6) is -0.656. The Hall–Kier alpha value is -3.14. The molecule has 2 atom stereocenters. The fourth-order valence-corrected chi connectivity index (χ4v) is 3.48.